The fourth-order valence-corrected chi connectivity index (χ4v) is 2.94. The van der Waals surface area contributed by atoms with Crippen molar-refractivity contribution in [2.24, 2.45) is 4.99 Å². The third-order valence-corrected chi connectivity index (χ3v) is 4.40. The maximum atomic E-state index is 12.4. The highest BCUT2D eigenvalue weighted by atomic mass is 127. The van der Waals surface area contributed by atoms with Crippen molar-refractivity contribution in [3.8, 4) is 5.75 Å². The SMILES string of the molecule is CCOC(=O)N1CCC(NC(=NC)NCc2ccccc2OCC(F)(F)F)CC1.I. The van der Waals surface area contributed by atoms with Gasteiger partial charge in [-0.3, -0.25) is 4.99 Å². The van der Waals surface area contributed by atoms with Crippen LogP contribution in [0.1, 0.15) is 25.3 Å². The molecule has 0 radical (unpaired) electrons. The lowest BCUT2D eigenvalue weighted by Gasteiger charge is -2.32. The predicted octanol–water partition coefficient (Wildman–Crippen LogP) is 3.53. The van der Waals surface area contributed by atoms with Crippen molar-refractivity contribution in [3.63, 3.8) is 0 Å². The number of carbonyl (C=O) groups excluding carboxylic acids is 1. The zero-order valence-electron chi connectivity index (χ0n) is 17.0. The van der Waals surface area contributed by atoms with Crippen molar-refractivity contribution in [2.45, 2.75) is 38.5 Å². The standard InChI is InChI=1S/C19H27F3N4O3.HI/c1-3-28-18(27)26-10-8-15(9-11-26)25-17(23-2)24-12-14-6-4-5-7-16(14)29-13-19(20,21)22;/h4-7,15H,3,8-13H2,1-2H3,(H2,23,24,25);1H. The third-order valence-electron chi connectivity index (χ3n) is 4.40. The van der Waals surface area contributed by atoms with E-state index in [1.807, 2.05) is 0 Å². The smallest absolute Gasteiger partial charge is 0.422 e. The van der Waals surface area contributed by atoms with Crippen molar-refractivity contribution in [3.05, 3.63) is 29.8 Å². The van der Waals surface area contributed by atoms with Crippen LogP contribution in [-0.4, -0.2) is 62.5 Å². The molecule has 2 N–H and O–H groups in total. The van der Waals surface area contributed by atoms with E-state index in [4.69, 9.17) is 9.47 Å². The Morgan fingerprint density at radius 3 is 2.53 bits per heavy atom. The van der Waals surface area contributed by atoms with Gasteiger partial charge < -0.3 is 25.0 Å². The number of halogens is 4. The van der Waals surface area contributed by atoms with Gasteiger partial charge in [-0.05, 0) is 25.8 Å². The number of alkyl halides is 3. The first-order valence-corrected chi connectivity index (χ1v) is 9.48. The number of aliphatic imine (C=N–C) groups is 1. The van der Waals surface area contributed by atoms with E-state index < -0.39 is 12.8 Å². The summed E-state index contributed by atoms with van der Waals surface area (Å²) >= 11 is 0. The number of para-hydroxylation sites is 1. The number of rotatable bonds is 6. The van der Waals surface area contributed by atoms with Gasteiger partial charge in [0.05, 0.1) is 6.61 Å². The zero-order valence-corrected chi connectivity index (χ0v) is 19.3. The fraction of sp³-hybridized carbons (Fsp3) is 0.579. The molecule has 0 spiro atoms. The van der Waals surface area contributed by atoms with Crippen LogP contribution in [0.15, 0.2) is 29.3 Å². The number of nitrogens with zero attached hydrogens (tertiary/aromatic N) is 2. The summed E-state index contributed by atoms with van der Waals surface area (Å²) in [4.78, 5) is 17.6. The molecule has 0 aromatic heterocycles. The highest BCUT2D eigenvalue weighted by Gasteiger charge is 2.29. The Balaban J connectivity index is 0.00000450. The normalized spacial score (nSPS) is 15.2. The molecular formula is C19H28F3IN4O3. The zero-order chi connectivity index (χ0) is 21.3. The van der Waals surface area contributed by atoms with Crippen LogP contribution in [0.2, 0.25) is 0 Å². The van der Waals surface area contributed by atoms with Gasteiger partial charge in [0, 0.05) is 38.3 Å². The Labute approximate surface area is 191 Å². The van der Waals surface area contributed by atoms with Gasteiger partial charge in [-0.15, -0.1) is 24.0 Å². The van der Waals surface area contributed by atoms with Crippen molar-refractivity contribution >= 4 is 36.0 Å². The minimum Gasteiger partial charge on any atom is -0.484 e. The topological polar surface area (TPSA) is 75.2 Å². The highest BCUT2D eigenvalue weighted by molar-refractivity contribution is 14.0. The summed E-state index contributed by atoms with van der Waals surface area (Å²) in [7, 11) is 1.62. The maximum Gasteiger partial charge on any atom is 0.422 e. The molecule has 1 aromatic rings. The first kappa shape index (κ1) is 26.1. The number of likely N-dealkylation sites (tertiary alicyclic amines) is 1. The van der Waals surface area contributed by atoms with Gasteiger partial charge in [0.25, 0.3) is 0 Å². The first-order chi connectivity index (χ1) is 13.8. The van der Waals surface area contributed by atoms with E-state index in [-0.39, 0.29) is 48.4 Å². The minimum absolute atomic E-state index is 0. The quantitative estimate of drug-likeness (QED) is 0.326. The Hall–Kier alpha value is -1.92. The van der Waals surface area contributed by atoms with E-state index in [1.54, 1.807) is 37.1 Å². The van der Waals surface area contributed by atoms with Crippen molar-refractivity contribution in [1.29, 1.82) is 0 Å². The molecule has 0 unspecified atom stereocenters. The number of guanidine groups is 1. The molecule has 1 aliphatic heterocycles. The Morgan fingerprint density at radius 2 is 1.93 bits per heavy atom. The molecule has 0 aliphatic carbocycles. The van der Waals surface area contributed by atoms with E-state index >= 15 is 0 Å². The summed E-state index contributed by atoms with van der Waals surface area (Å²) in [6.45, 7) is 2.21. The van der Waals surface area contributed by atoms with Crippen LogP contribution in [0.4, 0.5) is 18.0 Å². The molecule has 1 saturated heterocycles. The van der Waals surface area contributed by atoms with E-state index in [1.165, 1.54) is 6.07 Å². The van der Waals surface area contributed by atoms with E-state index in [2.05, 4.69) is 15.6 Å². The highest BCUT2D eigenvalue weighted by Crippen LogP contribution is 2.22. The number of carbonyl (C=O) groups is 1. The summed E-state index contributed by atoms with van der Waals surface area (Å²) in [6, 6.07) is 6.69. The number of benzene rings is 1. The Kier molecular flexibility index (Phi) is 11.1. The summed E-state index contributed by atoms with van der Waals surface area (Å²) in [5.41, 5.74) is 0.594. The number of nitrogens with one attached hydrogen (secondary N) is 2. The number of amides is 1. The molecule has 2 rings (SSSR count). The number of hydrogen-bond acceptors (Lipinski definition) is 4. The van der Waals surface area contributed by atoms with Crippen LogP contribution >= 0.6 is 24.0 Å². The van der Waals surface area contributed by atoms with Crippen LogP contribution in [0.25, 0.3) is 0 Å². The van der Waals surface area contributed by atoms with Gasteiger partial charge in [-0.25, -0.2) is 4.79 Å². The number of hydrogen-bond donors (Lipinski definition) is 2. The second-order valence-electron chi connectivity index (χ2n) is 6.54. The van der Waals surface area contributed by atoms with Gasteiger partial charge in [0.1, 0.15) is 5.75 Å². The lowest BCUT2D eigenvalue weighted by Crippen LogP contribution is -2.49. The average Bonchev–Trinajstić information content (AvgIpc) is 2.70. The molecule has 30 heavy (non-hydrogen) atoms. The van der Waals surface area contributed by atoms with Crippen LogP contribution in [0, 0.1) is 0 Å². The molecule has 0 atom stereocenters. The molecule has 0 saturated carbocycles. The first-order valence-electron chi connectivity index (χ1n) is 9.48. The monoisotopic (exact) mass is 544 g/mol. The predicted molar refractivity (Wildman–Crippen MR) is 118 cm³/mol. The summed E-state index contributed by atoms with van der Waals surface area (Å²) in [5, 5.41) is 6.38. The van der Waals surface area contributed by atoms with Gasteiger partial charge in [-0.2, -0.15) is 13.2 Å². The second-order valence-corrected chi connectivity index (χ2v) is 6.54. The molecule has 1 amide bonds. The lowest BCUT2D eigenvalue weighted by atomic mass is 10.1. The molecule has 1 aromatic carbocycles. The molecule has 7 nitrogen and oxygen atoms in total. The molecular weight excluding hydrogens is 516 g/mol. The van der Waals surface area contributed by atoms with Gasteiger partial charge >= 0.3 is 12.3 Å². The minimum atomic E-state index is -4.39. The Bertz CT molecular complexity index is 696. The molecule has 11 heteroatoms. The molecule has 1 fully saturated rings. The number of piperidine rings is 1. The largest absolute Gasteiger partial charge is 0.484 e. The Morgan fingerprint density at radius 1 is 1.27 bits per heavy atom. The van der Waals surface area contributed by atoms with Gasteiger partial charge in [0.2, 0.25) is 0 Å². The van der Waals surface area contributed by atoms with Crippen molar-refractivity contribution < 1.29 is 27.4 Å². The van der Waals surface area contributed by atoms with Crippen LogP contribution in [0.3, 0.4) is 0 Å². The fourth-order valence-electron chi connectivity index (χ4n) is 2.94. The molecule has 1 heterocycles. The maximum absolute atomic E-state index is 12.4. The van der Waals surface area contributed by atoms with E-state index in [0.29, 0.717) is 31.2 Å². The van der Waals surface area contributed by atoms with Crippen molar-refractivity contribution in [2.75, 3.05) is 33.4 Å². The van der Waals surface area contributed by atoms with Crippen LogP contribution in [0.5, 0.6) is 5.75 Å². The summed E-state index contributed by atoms with van der Waals surface area (Å²) in [5.74, 6) is 0.709. The third kappa shape index (κ3) is 8.84. The van der Waals surface area contributed by atoms with Gasteiger partial charge in [0.15, 0.2) is 12.6 Å². The summed E-state index contributed by atoms with van der Waals surface area (Å²) in [6.07, 6.45) is -3.21. The summed E-state index contributed by atoms with van der Waals surface area (Å²) < 4.78 is 47.2. The average molecular weight is 544 g/mol. The molecule has 170 valence electrons. The number of ether oxygens (including phenoxy) is 2. The lowest BCUT2D eigenvalue weighted by molar-refractivity contribution is -0.153. The molecule has 1 aliphatic rings. The van der Waals surface area contributed by atoms with Crippen LogP contribution in [-0.2, 0) is 11.3 Å². The van der Waals surface area contributed by atoms with Gasteiger partial charge in [-0.1, -0.05) is 18.2 Å². The van der Waals surface area contributed by atoms with E-state index in [9.17, 15) is 18.0 Å². The second kappa shape index (κ2) is 12.7. The van der Waals surface area contributed by atoms with Crippen LogP contribution < -0.4 is 15.4 Å². The van der Waals surface area contributed by atoms with Crippen molar-refractivity contribution in [1.82, 2.24) is 15.5 Å². The molecule has 0 bridgehead atoms. The van der Waals surface area contributed by atoms with E-state index in [0.717, 1.165) is 12.8 Å².